The molecule has 2 heteroatoms. The van der Waals surface area contributed by atoms with Gasteiger partial charge < -0.3 is 10.4 Å². The second-order valence-electron chi connectivity index (χ2n) is 2.35. The van der Waals surface area contributed by atoms with Crippen molar-refractivity contribution in [2.24, 2.45) is 0 Å². The van der Waals surface area contributed by atoms with Gasteiger partial charge in [-0.05, 0) is 5.56 Å². The van der Waals surface area contributed by atoms with E-state index in [1.807, 2.05) is 30.3 Å². The molecule has 2 N–H and O–H groups in total. The fourth-order valence-corrected chi connectivity index (χ4v) is 0.973. The minimum atomic E-state index is -0.0452. The molecule has 0 saturated carbocycles. The zero-order chi connectivity index (χ0) is 8.10. The van der Waals surface area contributed by atoms with Crippen molar-refractivity contribution in [2.45, 2.75) is 6.04 Å². The lowest BCUT2D eigenvalue weighted by Gasteiger charge is -2.12. The molecule has 2 nitrogen and oxygen atoms in total. The molecule has 59 valence electrons. The summed E-state index contributed by atoms with van der Waals surface area (Å²) in [6.45, 7) is 0.0769. The lowest BCUT2D eigenvalue weighted by molar-refractivity contribution is 0.254. The van der Waals surface area contributed by atoms with Crippen molar-refractivity contribution < 1.29 is 5.11 Å². The third-order valence-corrected chi connectivity index (χ3v) is 1.63. The van der Waals surface area contributed by atoms with E-state index in [2.05, 4.69) is 12.4 Å². The molecule has 1 radical (unpaired) electrons. The number of hydrogen-bond acceptors (Lipinski definition) is 2. The monoisotopic (exact) mass is 150 g/mol. The van der Waals surface area contributed by atoms with Crippen LogP contribution >= 0.6 is 0 Å². The number of benzene rings is 1. The highest BCUT2D eigenvalue weighted by Crippen LogP contribution is 2.10. The van der Waals surface area contributed by atoms with Gasteiger partial charge in [-0.3, -0.25) is 0 Å². The summed E-state index contributed by atoms with van der Waals surface area (Å²) in [5.74, 6) is 0. The molecule has 1 aromatic rings. The summed E-state index contributed by atoms with van der Waals surface area (Å²) in [7, 11) is 3.52. The summed E-state index contributed by atoms with van der Waals surface area (Å²) in [6.07, 6.45) is 0. The van der Waals surface area contributed by atoms with Gasteiger partial charge in [0.05, 0.1) is 12.6 Å². The zero-order valence-corrected chi connectivity index (χ0v) is 6.33. The van der Waals surface area contributed by atoms with E-state index in [-0.39, 0.29) is 12.6 Å². The van der Waals surface area contributed by atoms with E-state index in [0.29, 0.717) is 0 Å². The lowest BCUT2D eigenvalue weighted by atomic mass is 10.1. The number of aliphatic hydroxyl groups excluding tert-OH is 1. The van der Waals surface area contributed by atoms with Gasteiger partial charge in [0.2, 0.25) is 0 Å². The third kappa shape index (κ3) is 2.03. The molecule has 1 unspecified atom stereocenters. The molecule has 0 bridgehead atoms. The topological polar surface area (TPSA) is 32.3 Å². The molecule has 0 fully saturated rings. The van der Waals surface area contributed by atoms with E-state index < -0.39 is 0 Å². The molecule has 0 aliphatic rings. The van der Waals surface area contributed by atoms with E-state index in [4.69, 9.17) is 5.11 Å². The van der Waals surface area contributed by atoms with Gasteiger partial charge in [0.1, 0.15) is 0 Å². The molecule has 0 saturated heterocycles. The summed E-state index contributed by atoms with van der Waals surface area (Å²) in [4.78, 5) is 0. The molecule has 0 spiro atoms. The van der Waals surface area contributed by atoms with Gasteiger partial charge in [-0.15, -0.1) is 0 Å². The lowest BCUT2D eigenvalue weighted by Crippen LogP contribution is -2.17. The highest BCUT2D eigenvalue weighted by Gasteiger charge is 2.04. The van der Waals surface area contributed by atoms with E-state index in [9.17, 15) is 0 Å². The number of nitrogens with one attached hydrogen (secondary N) is 1. The van der Waals surface area contributed by atoms with Crippen LogP contribution in [0.25, 0.3) is 0 Å². The molecule has 0 heterocycles. The van der Waals surface area contributed by atoms with Crippen LogP contribution in [0.4, 0.5) is 0 Å². The highest BCUT2D eigenvalue weighted by atomic mass is 16.3. The number of aliphatic hydroxyl groups is 1. The predicted octanol–water partition coefficient (Wildman–Crippen LogP) is 1.10. The quantitative estimate of drug-likeness (QED) is 0.676. The fourth-order valence-electron chi connectivity index (χ4n) is 0.973. The van der Waals surface area contributed by atoms with Crippen molar-refractivity contribution in [3.8, 4) is 0 Å². The van der Waals surface area contributed by atoms with Crippen molar-refractivity contribution in [3.05, 3.63) is 42.9 Å². The molecular formula is C9H12NO. The average Bonchev–Trinajstić information content (AvgIpc) is 2.09. The Kier molecular flexibility index (Phi) is 3.08. The van der Waals surface area contributed by atoms with Crippen LogP contribution in [-0.2, 0) is 0 Å². The Morgan fingerprint density at radius 1 is 1.36 bits per heavy atom. The summed E-state index contributed by atoms with van der Waals surface area (Å²) in [5.41, 5.74) is 1.06. The van der Waals surface area contributed by atoms with E-state index in [0.717, 1.165) is 5.56 Å². The van der Waals surface area contributed by atoms with Crippen molar-refractivity contribution in [1.29, 1.82) is 0 Å². The van der Waals surface area contributed by atoms with Gasteiger partial charge in [-0.25, -0.2) is 0 Å². The van der Waals surface area contributed by atoms with Gasteiger partial charge in [-0.2, -0.15) is 0 Å². The van der Waals surface area contributed by atoms with E-state index in [1.165, 1.54) is 0 Å². The summed E-state index contributed by atoms with van der Waals surface area (Å²) in [6, 6.07) is 9.69. The minimum absolute atomic E-state index is 0.0452. The maximum absolute atomic E-state index is 8.88. The van der Waals surface area contributed by atoms with Crippen molar-refractivity contribution in [3.63, 3.8) is 0 Å². The minimum Gasteiger partial charge on any atom is -0.394 e. The average molecular weight is 150 g/mol. The molecule has 11 heavy (non-hydrogen) atoms. The zero-order valence-electron chi connectivity index (χ0n) is 6.33. The normalized spacial score (nSPS) is 12.9. The van der Waals surface area contributed by atoms with Crippen LogP contribution in [0.2, 0.25) is 0 Å². The predicted molar refractivity (Wildman–Crippen MR) is 44.8 cm³/mol. The second-order valence-corrected chi connectivity index (χ2v) is 2.35. The van der Waals surface area contributed by atoms with Crippen LogP contribution in [0.5, 0.6) is 0 Å². The molecule has 1 aromatic carbocycles. The fraction of sp³-hybridized carbons (Fsp3) is 0.222. The Bertz CT molecular complexity index is 194. The largest absolute Gasteiger partial charge is 0.394 e. The first-order chi connectivity index (χ1) is 5.38. The highest BCUT2D eigenvalue weighted by molar-refractivity contribution is 5.18. The van der Waals surface area contributed by atoms with Gasteiger partial charge in [0.15, 0.2) is 0 Å². The number of hydrogen-bond donors (Lipinski definition) is 2. The maximum atomic E-state index is 8.88. The van der Waals surface area contributed by atoms with E-state index >= 15 is 0 Å². The van der Waals surface area contributed by atoms with Crippen molar-refractivity contribution >= 4 is 0 Å². The van der Waals surface area contributed by atoms with Gasteiger partial charge in [-0.1, -0.05) is 30.3 Å². The summed E-state index contributed by atoms with van der Waals surface area (Å²) < 4.78 is 0. The summed E-state index contributed by atoms with van der Waals surface area (Å²) >= 11 is 0. The second kappa shape index (κ2) is 4.11. The van der Waals surface area contributed by atoms with Gasteiger partial charge in [0, 0.05) is 7.05 Å². The standard InChI is InChI=1S/C9H12NO/c1-10-9(7-11)8-5-3-2-4-6-8/h2-6,9-11H,1,7H2. The van der Waals surface area contributed by atoms with Gasteiger partial charge in [0.25, 0.3) is 0 Å². The van der Waals surface area contributed by atoms with Crippen LogP contribution < -0.4 is 5.32 Å². The molecule has 1 atom stereocenters. The van der Waals surface area contributed by atoms with Gasteiger partial charge >= 0.3 is 0 Å². The molecule has 0 amide bonds. The Morgan fingerprint density at radius 3 is 2.45 bits per heavy atom. The molecule has 0 aliphatic heterocycles. The Morgan fingerprint density at radius 2 is 2.00 bits per heavy atom. The first-order valence-corrected chi connectivity index (χ1v) is 3.57. The molecule has 1 rings (SSSR count). The van der Waals surface area contributed by atoms with Crippen LogP contribution in [0.15, 0.2) is 30.3 Å². The van der Waals surface area contributed by atoms with Crippen molar-refractivity contribution in [2.75, 3.05) is 6.61 Å². The SMILES string of the molecule is [CH2]NC(CO)c1ccccc1. The van der Waals surface area contributed by atoms with Crippen molar-refractivity contribution in [1.82, 2.24) is 5.32 Å². The molecular weight excluding hydrogens is 138 g/mol. The van der Waals surface area contributed by atoms with Crippen LogP contribution in [0.3, 0.4) is 0 Å². The first kappa shape index (κ1) is 8.24. The van der Waals surface area contributed by atoms with E-state index in [1.54, 1.807) is 0 Å². The maximum Gasteiger partial charge on any atom is 0.0626 e. The summed E-state index contributed by atoms with van der Waals surface area (Å²) in [5, 5.41) is 11.6. The Labute approximate surface area is 66.9 Å². The first-order valence-electron chi connectivity index (χ1n) is 3.57. The Hall–Kier alpha value is -0.860. The number of rotatable bonds is 3. The van der Waals surface area contributed by atoms with Crippen LogP contribution in [-0.4, -0.2) is 11.7 Å². The molecule has 0 aliphatic carbocycles. The third-order valence-electron chi connectivity index (χ3n) is 1.63. The smallest absolute Gasteiger partial charge is 0.0626 e. The Balaban J connectivity index is 2.74. The van der Waals surface area contributed by atoms with Crippen LogP contribution in [0.1, 0.15) is 11.6 Å². The molecule has 0 aromatic heterocycles. The van der Waals surface area contributed by atoms with Crippen LogP contribution in [0, 0.1) is 7.05 Å².